The first-order valence-electron chi connectivity index (χ1n) is 4.68. The van der Waals surface area contributed by atoms with Crippen molar-refractivity contribution >= 4 is 6.09 Å². The Kier molecular flexibility index (Phi) is 4.53. The van der Waals surface area contributed by atoms with Gasteiger partial charge in [-0.3, -0.25) is 0 Å². The predicted octanol–water partition coefficient (Wildman–Crippen LogP) is 0.799. The van der Waals surface area contributed by atoms with Crippen LogP contribution in [0.1, 0.15) is 0 Å². The maximum absolute atomic E-state index is 12.5. The number of carboxylic acid groups (broad SMARTS) is 1. The molecular formula is C10H13FN2O3. The molecule has 0 fully saturated rings. The number of ether oxygens (including phenoxy) is 1. The molecule has 1 unspecified atom stereocenters. The first-order chi connectivity index (χ1) is 7.58. The van der Waals surface area contributed by atoms with E-state index >= 15 is 0 Å². The lowest BCUT2D eigenvalue weighted by atomic mass is 10.3. The Balaban J connectivity index is 2.28. The summed E-state index contributed by atoms with van der Waals surface area (Å²) in [5.41, 5.74) is 5.57. The first-order valence-corrected chi connectivity index (χ1v) is 4.68. The van der Waals surface area contributed by atoms with Crippen LogP contribution in [0.3, 0.4) is 0 Å². The molecule has 1 amide bonds. The second-order valence-electron chi connectivity index (χ2n) is 3.21. The predicted molar refractivity (Wildman–Crippen MR) is 55.9 cm³/mol. The van der Waals surface area contributed by atoms with Crippen LogP contribution in [0.5, 0.6) is 5.75 Å². The van der Waals surface area contributed by atoms with Crippen molar-refractivity contribution in [2.45, 2.75) is 6.04 Å². The summed E-state index contributed by atoms with van der Waals surface area (Å²) in [4.78, 5) is 10.2. The van der Waals surface area contributed by atoms with Crippen LogP contribution in [0, 0.1) is 5.82 Å². The van der Waals surface area contributed by atoms with Crippen molar-refractivity contribution in [3.05, 3.63) is 30.1 Å². The SMILES string of the molecule is NC(CNC(=O)O)COc1ccc(F)cc1. The van der Waals surface area contributed by atoms with Crippen molar-refractivity contribution in [3.63, 3.8) is 0 Å². The van der Waals surface area contributed by atoms with Crippen LogP contribution in [0.2, 0.25) is 0 Å². The van der Waals surface area contributed by atoms with E-state index in [1.54, 1.807) is 0 Å². The topological polar surface area (TPSA) is 84.6 Å². The van der Waals surface area contributed by atoms with Gasteiger partial charge in [0.25, 0.3) is 0 Å². The maximum Gasteiger partial charge on any atom is 0.404 e. The van der Waals surface area contributed by atoms with Crippen molar-refractivity contribution in [3.8, 4) is 5.75 Å². The summed E-state index contributed by atoms with van der Waals surface area (Å²) < 4.78 is 17.8. The molecule has 1 rings (SSSR count). The minimum atomic E-state index is -1.13. The van der Waals surface area contributed by atoms with Crippen LogP contribution >= 0.6 is 0 Å². The molecule has 1 atom stereocenters. The molecule has 0 radical (unpaired) electrons. The molecule has 5 nitrogen and oxygen atoms in total. The van der Waals surface area contributed by atoms with Gasteiger partial charge >= 0.3 is 6.09 Å². The molecule has 0 aliphatic rings. The van der Waals surface area contributed by atoms with E-state index < -0.39 is 12.1 Å². The van der Waals surface area contributed by atoms with E-state index in [0.717, 1.165) is 0 Å². The lowest BCUT2D eigenvalue weighted by Crippen LogP contribution is -2.40. The number of nitrogens with one attached hydrogen (secondary N) is 1. The zero-order valence-corrected chi connectivity index (χ0v) is 8.52. The zero-order chi connectivity index (χ0) is 12.0. The summed E-state index contributed by atoms with van der Waals surface area (Å²) in [5, 5.41) is 10.5. The molecule has 4 N–H and O–H groups in total. The van der Waals surface area contributed by atoms with Gasteiger partial charge in [-0.2, -0.15) is 0 Å². The number of hydrogen-bond acceptors (Lipinski definition) is 3. The molecule has 0 heterocycles. The van der Waals surface area contributed by atoms with Crippen molar-refractivity contribution in [2.75, 3.05) is 13.2 Å². The van der Waals surface area contributed by atoms with Crippen LogP contribution in [-0.4, -0.2) is 30.4 Å². The third-order valence-electron chi connectivity index (χ3n) is 1.79. The standard InChI is InChI=1S/C10H13FN2O3/c11-7-1-3-9(4-2-7)16-6-8(12)5-13-10(14)15/h1-4,8,13H,5-6,12H2,(H,14,15). The Morgan fingerprint density at radius 1 is 1.50 bits per heavy atom. The molecule has 0 aliphatic carbocycles. The highest BCUT2D eigenvalue weighted by Crippen LogP contribution is 2.10. The first kappa shape index (κ1) is 12.3. The minimum Gasteiger partial charge on any atom is -0.492 e. The summed E-state index contributed by atoms with van der Waals surface area (Å²) in [5.74, 6) is 0.149. The van der Waals surface area contributed by atoms with E-state index in [2.05, 4.69) is 5.32 Å². The van der Waals surface area contributed by atoms with Crippen molar-refractivity contribution in [2.24, 2.45) is 5.73 Å². The normalized spacial score (nSPS) is 11.9. The highest BCUT2D eigenvalue weighted by molar-refractivity contribution is 5.64. The quantitative estimate of drug-likeness (QED) is 0.696. The average molecular weight is 228 g/mol. The lowest BCUT2D eigenvalue weighted by Gasteiger charge is -2.12. The molecule has 88 valence electrons. The molecule has 0 spiro atoms. The number of hydrogen-bond donors (Lipinski definition) is 3. The zero-order valence-electron chi connectivity index (χ0n) is 8.52. The number of rotatable bonds is 5. The van der Waals surface area contributed by atoms with E-state index in [4.69, 9.17) is 15.6 Å². The molecule has 16 heavy (non-hydrogen) atoms. The van der Waals surface area contributed by atoms with Gasteiger partial charge in [0.1, 0.15) is 18.2 Å². The third-order valence-corrected chi connectivity index (χ3v) is 1.79. The van der Waals surface area contributed by atoms with E-state index in [1.807, 2.05) is 0 Å². The summed E-state index contributed by atoms with van der Waals surface area (Å²) in [7, 11) is 0. The van der Waals surface area contributed by atoms with Gasteiger partial charge in [-0.05, 0) is 24.3 Å². The van der Waals surface area contributed by atoms with Crippen molar-refractivity contribution in [1.29, 1.82) is 0 Å². The molecule has 0 aliphatic heterocycles. The Labute approximate surface area is 92.0 Å². The molecule has 0 bridgehead atoms. The van der Waals surface area contributed by atoms with Crippen LogP contribution in [0.15, 0.2) is 24.3 Å². The molecule has 1 aromatic rings. The van der Waals surface area contributed by atoms with Crippen molar-refractivity contribution < 1.29 is 19.0 Å². The van der Waals surface area contributed by atoms with Crippen LogP contribution in [0.4, 0.5) is 9.18 Å². The fourth-order valence-corrected chi connectivity index (χ4v) is 1.01. The summed E-state index contributed by atoms with van der Waals surface area (Å²) in [6.07, 6.45) is -1.13. The smallest absolute Gasteiger partial charge is 0.404 e. The van der Waals surface area contributed by atoms with E-state index in [1.165, 1.54) is 24.3 Å². The van der Waals surface area contributed by atoms with Gasteiger partial charge in [-0.15, -0.1) is 0 Å². The monoisotopic (exact) mass is 228 g/mol. The van der Waals surface area contributed by atoms with Crippen LogP contribution < -0.4 is 15.8 Å². The average Bonchev–Trinajstić information content (AvgIpc) is 2.25. The largest absolute Gasteiger partial charge is 0.492 e. The fourth-order valence-electron chi connectivity index (χ4n) is 1.01. The Morgan fingerprint density at radius 3 is 2.69 bits per heavy atom. The molecular weight excluding hydrogens is 215 g/mol. The Bertz CT molecular complexity index is 342. The van der Waals surface area contributed by atoms with Gasteiger partial charge in [-0.1, -0.05) is 0 Å². The van der Waals surface area contributed by atoms with Gasteiger partial charge < -0.3 is 20.9 Å². The molecule has 0 saturated carbocycles. The van der Waals surface area contributed by atoms with Gasteiger partial charge in [0.05, 0.1) is 6.04 Å². The van der Waals surface area contributed by atoms with Gasteiger partial charge in [0.15, 0.2) is 0 Å². The number of carbonyl (C=O) groups is 1. The fraction of sp³-hybridized carbons (Fsp3) is 0.300. The summed E-state index contributed by atoms with van der Waals surface area (Å²) in [6, 6.07) is 5.06. The van der Waals surface area contributed by atoms with E-state index in [9.17, 15) is 9.18 Å². The lowest BCUT2D eigenvalue weighted by molar-refractivity contribution is 0.191. The number of benzene rings is 1. The number of halogens is 1. The van der Waals surface area contributed by atoms with Crippen LogP contribution in [-0.2, 0) is 0 Å². The summed E-state index contributed by atoms with van der Waals surface area (Å²) in [6.45, 7) is 0.266. The molecule has 6 heteroatoms. The minimum absolute atomic E-state index is 0.108. The van der Waals surface area contributed by atoms with E-state index in [-0.39, 0.29) is 19.0 Å². The summed E-state index contributed by atoms with van der Waals surface area (Å²) >= 11 is 0. The molecule has 1 aromatic carbocycles. The van der Waals surface area contributed by atoms with Gasteiger partial charge in [0, 0.05) is 6.54 Å². The second-order valence-corrected chi connectivity index (χ2v) is 3.21. The Morgan fingerprint density at radius 2 is 2.12 bits per heavy atom. The Hall–Kier alpha value is -1.82. The molecule has 0 saturated heterocycles. The highest BCUT2D eigenvalue weighted by Gasteiger charge is 2.05. The van der Waals surface area contributed by atoms with Crippen molar-refractivity contribution in [1.82, 2.24) is 5.32 Å². The molecule has 0 aromatic heterocycles. The number of amides is 1. The highest BCUT2D eigenvalue weighted by atomic mass is 19.1. The van der Waals surface area contributed by atoms with E-state index in [0.29, 0.717) is 5.75 Å². The maximum atomic E-state index is 12.5. The van der Waals surface area contributed by atoms with Gasteiger partial charge in [-0.25, -0.2) is 9.18 Å². The second kappa shape index (κ2) is 5.92. The van der Waals surface area contributed by atoms with Gasteiger partial charge in [0.2, 0.25) is 0 Å². The third kappa shape index (κ3) is 4.61. The number of nitrogens with two attached hydrogens (primary N) is 1. The van der Waals surface area contributed by atoms with Crippen LogP contribution in [0.25, 0.3) is 0 Å².